The van der Waals surface area contributed by atoms with Gasteiger partial charge in [0, 0.05) is 23.0 Å². The van der Waals surface area contributed by atoms with Gasteiger partial charge in [0.2, 0.25) is 11.8 Å². The van der Waals surface area contributed by atoms with E-state index in [4.69, 9.17) is 11.6 Å². The van der Waals surface area contributed by atoms with Crippen molar-refractivity contribution in [2.24, 2.45) is 5.41 Å². The molecule has 0 bridgehead atoms. The molecule has 31 heavy (non-hydrogen) atoms. The first kappa shape index (κ1) is 19.4. The molecule has 2 heterocycles. The third-order valence-electron chi connectivity index (χ3n) is 8.32. The van der Waals surface area contributed by atoms with E-state index in [2.05, 4.69) is 35.8 Å². The molecule has 5 heteroatoms. The Kier molecular flexibility index (Phi) is 4.11. The van der Waals surface area contributed by atoms with Crippen LogP contribution in [-0.2, 0) is 15.0 Å². The molecule has 0 aromatic heterocycles. The van der Waals surface area contributed by atoms with E-state index in [9.17, 15) is 9.59 Å². The predicted octanol–water partition coefficient (Wildman–Crippen LogP) is 5.27. The molecule has 4 aliphatic rings. The monoisotopic (exact) mass is 434 g/mol. The Labute approximate surface area is 187 Å². The summed E-state index contributed by atoms with van der Waals surface area (Å²) in [4.78, 5) is 27.0. The van der Waals surface area contributed by atoms with Gasteiger partial charge in [-0.1, -0.05) is 42.8 Å². The number of nitrogens with one attached hydrogen (secondary N) is 2. The van der Waals surface area contributed by atoms with E-state index >= 15 is 0 Å². The topological polar surface area (TPSA) is 58.2 Å². The van der Waals surface area contributed by atoms with Crippen molar-refractivity contribution in [3.8, 4) is 0 Å². The fourth-order valence-corrected chi connectivity index (χ4v) is 6.50. The Morgan fingerprint density at radius 1 is 1.06 bits per heavy atom. The summed E-state index contributed by atoms with van der Waals surface area (Å²) in [7, 11) is 0. The van der Waals surface area contributed by atoms with Gasteiger partial charge in [-0.05, 0) is 78.3 Å². The van der Waals surface area contributed by atoms with Crippen molar-refractivity contribution in [3.05, 3.63) is 64.2 Å². The van der Waals surface area contributed by atoms with Crippen LogP contribution in [0.1, 0.15) is 74.0 Å². The Morgan fingerprint density at radius 2 is 1.87 bits per heavy atom. The lowest BCUT2D eigenvalue weighted by Crippen LogP contribution is -2.65. The van der Waals surface area contributed by atoms with Crippen molar-refractivity contribution in [2.75, 3.05) is 5.32 Å². The van der Waals surface area contributed by atoms with Gasteiger partial charge in [0.25, 0.3) is 0 Å². The summed E-state index contributed by atoms with van der Waals surface area (Å²) in [5.41, 5.74) is 3.40. The highest BCUT2D eigenvalue weighted by molar-refractivity contribution is 6.30. The zero-order valence-corrected chi connectivity index (χ0v) is 18.5. The van der Waals surface area contributed by atoms with Crippen LogP contribution in [0.25, 0.3) is 0 Å². The van der Waals surface area contributed by atoms with Crippen molar-refractivity contribution >= 4 is 29.1 Å². The molecule has 0 unspecified atom stereocenters. The molecule has 2 N–H and O–H groups in total. The van der Waals surface area contributed by atoms with E-state index < -0.39 is 5.41 Å². The highest BCUT2D eigenvalue weighted by Crippen LogP contribution is 2.63. The lowest BCUT2D eigenvalue weighted by molar-refractivity contribution is -0.133. The van der Waals surface area contributed by atoms with Gasteiger partial charge in [-0.15, -0.1) is 0 Å². The number of hydrogen-bond acceptors (Lipinski definition) is 2. The van der Waals surface area contributed by atoms with Crippen LogP contribution in [0.2, 0.25) is 5.02 Å². The number of fused-ring (bicyclic) bond motifs is 2. The number of piperidine rings is 1. The second-order valence-electron chi connectivity index (χ2n) is 9.93. The minimum absolute atomic E-state index is 0.0187. The van der Waals surface area contributed by atoms with Gasteiger partial charge in [0.1, 0.15) is 5.41 Å². The lowest BCUT2D eigenvalue weighted by atomic mass is 9.57. The van der Waals surface area contributed by atoms with Crippen molar-refractivity contribution in [1.29, 1.82) is 0 Å². The maximum atomic E-state index is 14.0. The molecule has 6 rings (SSSR count). The van der Waals surface area contributed by atoms with Crippen LogP contribution in [0.4, 0.5) is 5.69 Å². The number of anilines is 1. The summed E-state index contributed by atoms with van der Waals surface area (Å²) in [5.74, 6) is 0.415. The van der Waals surface area contributed by atoms with Crippen molar-refractivity contribution in [3.63, 3.8) is 0 Å². The van der Waals surface area contributed by atoms with Crippen LogP contribution in [0.5, 0.6) is 0 Å². The number of carbonyl (C=O) groups excluding carboxylic acids is 2. The highest BCUT2D eigenvalue weighted by Gasteiger charge is 2.67. The molecule has 160 valence electrons. The molecule has 2 aromatic carbocycles. The molecule has 1 spiro atoms. The molecule has 2 aromatic rings. The summed E-state index contributed by atoms with van der Waals surface area (Å²) >= 11 is 6.36. The van der Waals surface area contributed by atoms with Crippen LogP contribution < -0.4 is 10.6 Å². The SMILES string of the molecule is CCC1([C@H]2NC(=O)C[C@@H](c3cccc(Cl)c3)[C@]23C(=O)Nc2cc(C4CC4)ccc23)CC1. The van der Waals surface area contributed by atoms with Gasteiger partial charge < -0.3 is 10.6 Å². The number of rotatable bonds is 4. The largest absolute Gasteiger partial charge is 0.351 e. The number of hydrogen-bond donors (Lipinski definition) is 2. The standard InChI is InChI=1S/C26H27ClN2O2/c1-2-25(10-11-25)23-26(20(14-22(30)29-23)17-4-3-5-18(27)12-17)19-9-8-16(15-6-7-15)13-21(19)28-24(26)31/h3-5,8-9,12-13,15,20,23H,2,6-7,10-11,14H2,1H3,(H,28,31)(H,29,30)/t20-,23+,26-/m0/s1. The quantitative estimate of drug-likeness (QED) is 0.688. The first-order chi connectivity index (χ1) is 15.0. The van der Waals surface area contributed by atoms with Crippen LogP contribution in [0, 0.1) is 5.41 Å². The molecule has 2 aliphatic carbocycles. The Morgan fingerprint density at radius 3 is 2.55 bits per heavy atom. The summed E-state index contributed by atoms with van der Waals surface area (Å²) in [6.45, 7) is 2.18. The fourth-order valence-electron chi connectivity index (χ4n) is 6.31. The number of benzene rings is 2. The molecule has 1 saturated heterocycles. The minimum Gasteiger partial charge on any atom is -0.351 e. The molecule has 2 saturated carbocycles. The van der Waals surface area contributed by atoms with Gasteiger partial charge >= 0.3 is 0 Å². The Balaban J connectivity index is 1.58. The first-order valence-electron chi connectivity index (χ1n) is 11.5. The smallest absolute Gasteiger partial charge is 0.237 e. The van der Waals surface area contributed by atoms with E-state index in [-0.39, 0.29) is 35.6 Å². The summed E-state index contributed by atoms with van der Waals surface area (Å²) in [6, 6.07) is 14.0. The Hall–Kier alpha value is -2.33. The highest BCUT2D eigenvalue weighted by atomic mass is 35.5. The van der Waals surface area contributed by atoms with E-state index in [1.807, 2.05) is 24.3 Å². The normalized spacial score (nSPS) is 30.6. The molecular weight excluding hydrogens is 408 g/mol. The lowest BCUT2D eigenvalue weighted by Gasteiger charge is -2.49. The third kappa shape index (κ3) is 2.73. The molecular formula is C26H27ClN2O2. The van der Waals surface area contributed by atoms with Gasteiger partial charge in [-0.3, -0.25) is 9.59 Å². The zero-order valence-electron chi connectivity index (χ0n) is 17.7. The first-order valence-corrected chi connectivity index (χ1v) is 11.9. The molecule has 3 fully saturated rings. The van der Waals surface area contributed by atoms with Crippen molar-refractivity contribution in [1.82, 2.24) is 5.32 Å². The zero-order chi connectivity index (χ0) is 21.4. The minimum atomic E-state index is -0.817. The number of carbonyl (C=O) groups is 2. The van der Waals surface area contributed by atoms with Gasteiger partial charge in [-0.25, -0.2) is 0 Å². The van der Waals surface area contributed by atoms with Crippen LogP contribution >= 0.6 is 11.6 Å². The average Bonchev–Trinajstić information content (AvgIpc) is 3.68. The average molecular weight is 435 g/mol. The summed E-state index contributed by atoms with van der Waals surface area (Å²) in [5, 5.41) is 7.18. The second kappa shape index (κ2) is 6.59. The van der Waals surface area contributed by atoms with Crippen LogP contribution in [0.3, 0.4) is 0 Å². The van der Waals surface area contributed by atoms with E-state index in [1.54, 1.807) is 0 Å². The predicted molar refractivity (Wildman–Crippen MR) is 121 cm³/mol. The second-order valence-corrected chi connectivity index (χ2v) is 10.4. The van der Waals surface area contributed by atoms with E-state index in [1.165, 1.54) is 18.4 Å². The third-order valence-corrected chi connectivity index (χ3v) is 8.56. The summed E-state index contributed by atoms with van der Waals surface area (Å²) in [6.07, 6.45) is 5.77. The molecule has 2 amide bonds. The summed E-state index contributed by atoms with van der Waals surface area (Å²) < 4.78 is 0. The number of amides is 2. The van der Waals surface area contributed by atoms with Gasteiger partial charge in [0.15, 0.2) is 0 Å². The van der Waals surface area contributed by atoms with Gasteiger partial charge in [-0.2, -0.15) is 0 Å². The number of halogens is 1. The Bertz CT molecular complexity index is 1100. The van der Waals surface area contributed by atoms with Gasteiger partial charge in [0.05, 0.1) is 6.04 Å². The van der Waals surface area contributed by atoms with Crippen LogP contribution in [-0.4, -0.2) is 17.9 Å². The maximum Gasteiger partial charge on any atom is 0.237 e. The maximum absolute atomic E-state index is 14.0. The fraction of sp³-hybridized carbons (Fsp3) is 0.462. The molecule has 3 atom stereocenters. The van der Waals surface area contributed by atoms with E-state index in [0.29, 0.717) is 10.9 Å². The molecule has 2 aliphatic heterocycles. The van der Waals surface area contributed by atoms with Crippen molar-refractivity contribution in [2.45, 2.75) is 68.7 Å². The van der Waals surface area contributed by atoms with Crippen molar-refractivity contribution < 1.29 is 9.59 Å². The molecule has 0 radical (unpaired) electrons. The molecule has 4 nitrogen and oxygen atoms in total. The van der Waals surface area contributed by atoms with Crippen LogP contribution in [0.15, 0.2) is 42.5 Å². The van der Waals surface area contributed by atoms with E-state index in [0.717, 1.165) is 36.1 Å².